The number of unbranched alkanes of at least 4 members (excludes halogenated alkanes) is 15. The minimum Gasteiger partial charge on any atom is -0.323 e. The van der Waals surface area contributed by atoms with Gasteiger partial charge in [0.2, 0.25) is 0 Å². The first-order valence-corrected chi connectivity index (χ1v) is 13.7. The molecular formula is C23H50NO3P. The number of hydrogen-bond acceptors (Lipinski definition) is 3. The van der Waals surface area contributed by atoms with Crippen molar-refractivity contribution in [2.24, 2.45) is 0 Å². The van der Waals surface area contributed by atoms with E-state index < -0.39 is 12.9 Å². The van der Waals surface area contributed by atoms with Crippen molar-refractivity contribution < 1.29 is 14.0 Å². The summed E-state index contributed by atoms with van der Waals surface area (Å²) in [5, 5.41) is 2.32. The molecule has 0 amide bonds. The molecule has 0 spiro atoms. The van der Waals surface area contributed by atoms with Crippen molar-refractivity contribution in [2.75, 3.05) is 13.2 Å². The Morgan fingerprint density at radius 2 is 1.07 bits per heavy atom. The highest BCUT2D eigenvalue weighted by molar-refractivity contribution is 7.54. The molecule has 0 aliphatic heterocycles. The molecule has 0 fully saturated rings. The second-order valence-corrected chi connectivity index (χ2v) is 11.1. The van der Waals surface area contributed by atoms with Gasteiger partial charge in [-0.3, -0.25) is 4.57 Å². The second kappa shape index (κ2) is 17.9. The molecule has 0 radical (unpaired) electrons. The fourth-order valence-corrected chi connectivity index (χ4v) is 4.49. The van der Waals surface area contributed by atoms with Crippen LogP contribution in [0.1, 0.15) is 130 Å². The largest absolute Gasteiger partial charge is 0.347 e. The summed E-state index contributed by atoms with van der Waals surface area (Å²) in [5.74, 6) is 0. The van der Waals surface area contributed by atoms with Crippen LogP contribution in [0.2, 0.25) is 0 Å². The Labute approximate surface area is 176 Å². The van der Waals surface area contributed by atoms with Crippen LogP contribution < -0.4 is 5.32 Å². The summed E-state index contributed by atoms with van der Waals surface area (Å²) in [6.45, 7) is 8.54. The van der Waals surface area contributed by atoms with E-state index in [1.165, 1.54) is 96.3 Å². The van der Waals surface area contributed by atoms with Crippen molar-refractivity contribution in [3.05, 3.63) is 0 Å². The fourth-order valence-electron chi connectivity index (χ4n) is 3.50. The molecule has 4 nitrogen and oxygen atoms in total. The van der Waals surface area contributed by atoms with Crippen molar-refractivity contribution >= 4 is 7.60 Å². The summed E-state index contributed by atoms with van der Waals surface area (Å²) in [4.78, 5) is 9.95. The molecule has 0 saturated carbocycles. The standard InChI is InChI=1S/C23H50NO3P/c1-5-7-8-9-10-11-12-13-14-15-16-17-18-19-20-21-22-24-23(3,4)28(25,26)27-6-2/h24H,5-22H2,1-4H3,(H,25,26). The fraction of sp³-hybridized carbons (Fsp3) is 1.00. The van der Waals surface area contributed by atoms with Gasteiger partial charge in [0.1, 0.15) is 5.28 Å². The van der Waals surface area contributed by atoms with Crippen LogP contribution in [0.3, 0.4) is 0 Å². The van der Waals surface area contributed by atoms with Gasteiger partial charge in [-0.15, -0.1) is 0 Å². The molecule has 2 N–H and O–H groups in total. The van der Waals surface area contributed by atoms with Crippen LogP contribution in [0.5, 0.6) is 0 Å². The van der Waals surface area contributed by atoms with Crippen molar-refractivity contribution in [3.63, 3.8) is 0 Å². The minimum atomic E-state index is -3.60. The predicted molar refractivity (Wildman–Crippen MR) is 123 cm³/mol. The monoisotopic (exact) mass is 419 g/mol. The molecule has 28 heavy (non-hydrogen) atoms. The number of nitrogens with one attached hydrogen (secondary N) is 1. The van der Waals surface area contributed by atoms with E-state index in [1.807, 2.05) is 0 Å². The first-order chi connectivity index (χ1) is 13.4. The van der Waals surface area contributed by atoms with Crippen molar-refractivity contribution in [2.45, 2.75) is 136 Å². The van der Waals surface area contributed by atoms with Crippen LogP contribution in [-0.2, 0) is 9.09 Å². The van der Waals surface area contributed by atoms with E-state index in [4.69, 9.17) is 4.52 Å². The molecule has 0 aromatic rings. The molecule has 170 valence electrons. The lowest BCUT2D eigenvalue weighted by Gasteiger charge is -2.30. The maximum Gasteiger partial charge on any atom is 0.347 e. The first kappa shape index (κ1) is 28.1. The van der Waals surface area contributed by atoms with Gasteiger partial charge in [0.15, 0.2) is 0 Å². The summed E-state index contributed by atoms with van der Waals surface area (Å²) in [6.07, 6.45) is 21.7. The van der Waals surface area contributed by atoms with E-state index >= 15 is 0 Å². The molecule has 0 aromatic carbocycles. The van der Waals surface area contributed by atoms with Crippen LogP contribution in [0, 0.1) is 0 Å². The third kappa shape index (κ3) is 15.0. The lowest BCUT2D eigenvalue weighted by Crippen LogP contribution is -2.40. The molecule has 0 heterocycles. The zero-order chi connectivity index (χ0) is 21.1. The Kier molecular flexibility index (Phi) is 18.0. The Bertz CT molecular complexity index is 388. The second-order valence-electron chi connectivity index (χ2n) is 8.73. The van der Waals surface area contributed by atoms with Gasteiger partial charge in [-0.1, -0.05) is 103 Å². The molecule has 1 atom stereocenters. The maximum atomic E-state index is 12.1. The van der Waals surface area contributed by atoms with Crippen molar-refractivity contribution in [1.82, 2.24) is 5.32 Å². The summed E-state index contributed by atoms with van der Waals surface area (Å²) < 4.78 is 17.1. The Morgan fingerprint density at radius 3 is 1.43 bits per heavy atom. The Balaban J connectivity index is 3.35. The van der Waals surface area contributed by atoms with Crippen LogP contribution in [0.25, 0.3) is 0 Å². The van der Waals surface area contributed by atoms with Crippen LogP contribution in [0.4, 0.5) is 0 Å². The average Bonchev–Trinajstić information content (AvgIpc) is 2.64. The predicted octanol–water partition coefficient (Wildman–Crippen LogP) is 7.80. The molecule has 0 rings (SSSR count). The Hall–Kier alpha value is 0.110. The quantitative estimate of drug-likeness (QED) is 0.147. The summed E-state index contributed by atoms with van der Waals surface area (Å²) >= 11 is 0. The summed E-state index contributed by atoms with van der Waals surface area (Å²) in [7, 11) is -3.60. The lowest BCUT2D eigenvalue weighted by molar-refractivity contribution is 0.240. The lowest BCUT2D eigenvalue weighted by atomic mass is 10.0. The number of rotatable bonds is 21. The highest BCUT2D eigenvalue weighted by atomic mass is 31.2. The molecule has 0 aliphatic rings. The van der Waals surface area contributed by atoms with E-state index in [2.05, 4.69) is 12.2 Å². The SMILES string of the molecule is CCCCCCCCCCCCCCCCCCNC(C)(C)P(=O)(O)OCC. The van der Waals surface area contributed by atoms with Crippen LogP contribution >= 0.6 is 7.60 Å². The van der Waals surface area contributed by atoms with Crippen molar-refractivity contribution in [1.29, 1.82) is 0 Å². The maximum absolute atomic E-state index is 12.1. The summed E-state index contributed by atoms with van der Waals surface area (Å²) in [6, 6.07) is 0. The highest BCUT2D eigenvalue weighted by Gasteiger charge is 2.39. The van der Waals surface area contributed by atoms with E-state index in [0.29, 0.717) is 0 Å². The van der Waals surface area contributed by atoms with Gasteiger partial charge < -0.3 is 14.7 Å². The molecule has 0 saturated heterocycles. The first-order valence-electron chi connectivity index (χ1n) is 12.1. The highest BCUT2D eigenvalue weighted by Crippen LogP contribution is 2.53. The topological polar surface area (TPSA) is 58.6 Å². The summed E-state index contributed by atoms with van der Waals surface area (Å²) in [5.41, 5.74) is 0. The average molecular weight is 420 g/mol. The van der Waals surface area contributed by atoms with Gasteiger partial charge in [0, 0.05) is 0 Å². The Morgan fingerprint density at radius 1 is 0.714 bits per heavy atom. The smallest absolute Gasteiger partial charge is 0.323 e. The van der Waals surface area contributed by atoms with Gasteiger partial charge in [-0.25, -0.2) is 0 Å². The van der Waals surface area contributed by atoms with Gasteiger partial charge in [0.25, 0.3) is 0 Å². The molecule has 1 unspecified atom stereocenters. The molecule has 0 aliphatic carbocycles. The molecule has 0 aromatic heterocycles. The van der Waals surface area contributed by atoms with Gasteiger partial charge in [0.05, 0.1) is 6.61 Å². The van der Waals surface area contributed by atoms with Gasteiger partial charge >= 0.3 is 7.60 Å². The van der Waals surface area contributed by atoms with E-state index in [1.54, 1.807) is 20.8 Å². The van der Waals surface area contributed by atoms with Crippen molar-refractivity contribution in [3.8, 4) is 0 Å². The number of hydrogen-bond donors (Lipinski definition) is 2. The zero-order valence-corrected chi connectivity index (χ0v) is 20.3. The van der Waals surface area contributed by atoms with Crippen LogP contribution in [0.15, 0.2) is 0 Å². The zero-order valence-electron chi connectivity index (χ0n) is 19.4. The van der Waals surface area contributed by atoms with E-state index in [-0.39, 0.29) is 6.61 Å². The van der Waals surface area contributed by atoms with Gasteiger partial charge in [-0.2, -0.15) is 0 Å². The van der Waals surface area contributed by atoms with Crippen LogP contribution in [-0.4, -0.2) is 23.3 Å². The van der Waals surface area contributed by atoms with E-state index in [0.717, 1.165) is 13.0 Å². The minimum absolute atomic E-state index is 0.262. The normalized spacial score (nSPS) is 14.3. The molecule has 5 heteroatoms. The molecular weight excluding hydrogens is 369 g/mol. The molecule has 0 bridgehead atoms. The van der Waals surface area contributed by atoms with E-state index in [9.17, 15) is 9.46 Å². The van der Waals surface area contributed by atoms with Gasteiger partial charge in [-0.05, 0) is 33.7 Å². The third-order valence-electron chi connectivity index (χ3n) is 5.60. The third-order valence-corrected chi connectivity index (χ3v) is 7.78.